The lowest BCUT2D eigenvalue weighted by Crippen LogP contribution is -2.01. The van der Waals surface area contributed by atoms with Gasteiger partial charge in [-0.2, -0.15) is 5.10 Å². The first kappa shape index (κ1) is 12.6. The monoisotopic (exact) mass is 242 g/mol. The number of hydrogen-bond donors (Lipinski definition) is 0. The van der Waals surface area contributed by atoms with Crippen molar-refractivity contribution >= 4 is 5.78 Å². The molecule has 0 N–H and O–H groups in total. The number of aryl methyl sites for hydroxylation is 1. The average Bonchev–Trinajstić information content (AvgIpc) is 2.87. The van der Waals surface area contributed by atoms with Gasteiger partial charge < -0.3 is 0 Å². The van der Waals surface area contributed by atoms with Crippen molar-refractivity contribution in [2.24, 2.45) is 0 Å². The van der Waals surface area contributed by atoms with Crippen LogP contribution in [0.3, 0.4) is 0 Å². The summed E-state index contributed by atoms with van der Waals surface area (Å²) in [5.74, 6) is 0.184. The van der Waals surface area contributed by atoms with Gasteiger partial charge in [-0.25, -0.2) is 0 Å². The molecule has 0 aliphatic heterocycles. The normalized spacial score (nSPS) is 10.6. The Morgan fingerprint density at radius 3 is 2.50 bits per heavy atom. The zero-order chi connectivity index (χ0) is 13.0. The fraction of sp³-hybridized carbons (Fsp3) is 0.333. The third-order valence-corrected chi connectivity index (χ3v) is 2.98. The number of aromatic nitrogens is 2. The van der Waals surface area contributed by atoms with Gasteiger partial charge in [0.05, 0.1) is 5.69 Å². The molecule has 0 aliphatic rings. The van der Waals surface area contributed by atoms with E-state index < -0.39 is 0 Å². The van der Waals surface area contributed by atoms with Gasteiger partial charge in [-0.05, 0) is 18.1 Å². The summed E-state index contributed by atoms with van der Waals surface area (Å²) < 4.78 is 2.00. The van der Waals surface area contributed by atoms with Crippen molar-refractivity contribution in [2.75, 3.05) is 0 Å². The first-order valence-corrected chi connectivity index (χ1v) is 6.41. The van der Waals surface area contributed by atoms with E-state index in [0.29, 0.717) is 6.42 Å². The van der Waals surface area contributed by atoms with Crippen LogP contribution in [0.5, 0.6) is 0 Å². The van der Waals surface area contributed by atoms with Gasteiger partial charge in [0.25, 0.3) is 0 Å². The molecule has 2 aromatic rings. The number of Topliss-reactive ketones (excluding diaryl/α,β-unsaturated/α-hetero) is 1. The summed E-state index contributed by atoms with van der Waals surface area (Å²) in [7, 11) is 0. The fourth-order valence-corrected chi connectivity index (χ4v) is 2.00. The molecule has 0 spiro atoms. The molecule has 0 fully saturated rings. The maximum atomic E-state index is 11.6. The van der Waals surface area contributed by atoms with Gasteiger partial charge in [0.2, 0.25) is 0 Å². The van der Waals surface area contributed by atoms with Crippen molar-refractivity contribution in [2.45, 2.75) is 33.2 Å². The minimum Gasteiger partial charge on any atom is -0.294 e. The molecule has 0 bridgehead atoms. The second-order valence-corrected chi connectivity index (χ2v) is 4.29. The number of nitrogens with zero attached hydrogens (tertiary/aromatic N) is 2. The van der Waals surface area contributed by atoms with Crippen molar-refractivity contribution < 1.29 is 4.79 Å². The number of carbonyl (C=O) groups is 1. The molecule has 3 nitrogen and oxygen atoms in total. The van der Waals surface area contributed by atoms with Gasteiger partial charge >= 0.3 is 0 Å². The predicted molar refractivity (Wildman–Crippen MR) is 72.6 cm³/mol. The molecule has 0 unspecified atom stereocenters. The third-order valence-electron chi connectivity index (χ3n) is 2.98. The lowest BCUT2D eigenvalue weighted by atomic mass is 10.1. The molecular formula is C15H18N2O. The maximum absolute atomic E-state index is 11.6. The molecular weight excluding hydrogens is 224 g/mol. The van der Waals surface area contributed by atoms with Crippen LogP contribution in [-0.2, 0) is 6.54 Å². The Bertz CT molecular complexity index is 526. The first-order chi connectivity index (χ1) is 8.76. The Morgan fingerprint density at radius 1 is 1.17 bits per heavy atom. The van der Waals surface area contributed by atoms with Gasteiger partial charge in [-0.1, -0.05) is 38.1 Å². The van der Waals surface area contributed by atoms with Crippen LogP contribution in [0, 0.1) is 0 Å². The minimum absolute atomic E-state index is 0.184. The van der Waals surface area contributed by atoms with Crippen molar-refractivity contribution in [3.05, 3.63) is 42.1 Å². The molecule has 0 radical (unpaired) electrons. The summed E-state index contributed by atoms with van der Waals surface area (Å²) in [6.45, 7) is 4.93. The molecule has 1 aromatic heterocycles. The Balaban J connectivity index is 2.28. The smallest absolute Gasteiger partial charge is 0.162 e. The highest BCUT2D eigenvalue weighted by Gasteiger charge is 2.06. The summed E-state index contributed by atoms with van der Waals surface area (Å²) >= 11 is 0. The van der Waals surface area contributed by atoms with E-state index in [-0.39, 0.29) is 5.78 Å². The highest BCUT2D eigenvalue weighted by atomic mass is 16.1. The molecule has 0 aliphatic carbocycles. The number of benzene rings is 1. The zero-order valence-corrected chi connectivity index (χ0v) is 10.9. The molecule has 2 rings (SSSR count). The highest BCUT2D eigenvalue weighted by Crippen LogP contribution is 2.20. The molecule has 94 valence electrons. The van der Waals surface area contributed by atoms with E-state index in [1.54, 1.807) is 0 Å². The number of ketones is 1. The zero-order valence-electron chi connectivity index (χ0n) is 10.9. The van der Waals surface area contributed by atoms with Gasteiger partial charge in [-0.3, -0.25) is 9.48 Å². The fourth-order valence-electron chi connectivity index (χ4n) is 2.00. The Kier molecular flexibility index (Phi) is 3.92. The Labute approximate surface area is 107 Å². The summed E-state index contributed by atoms with van der Waals surface area (Å²) in [6.07, 6.45) is 3.42. The lowest BCUT2D eigenvalue weighted by molar-refractivity contribution is 0.0988. The van der Waals surface area contributed by atoms with Crippen molar-refractivity contribution in [1.82, 2.24) is 9.78 Å². The topological polar surface area (TPSA) is 34.9 Å². The van der Waals surface area contributed by atoms with Gasteiger partial charge in [0, 0.05) is 24.7 Å². The number of hydrogen-bond acceptors (Lipinski definition) is 2. The molecule has 0 atom stereocenters. The van der Waals surface area contributed by atoms with E-state index in [1.165, 1.54) is 0 Å². The van der Waals surface area contributed by atoms with Gasteiger partial charge in [0.1, 0.15) is 0 Å². The van der Waals surface area contributed by atoms with E-state index >= 15 is 0 Å². The largest absolute Gasteiger partial charge is 0.294 e. The standard InChI is InChI=1S/C15H18N2O/c1-3-11-17-14(9-10-16-17)12-5-7-13(8-6-12)15(18)4-2/h5-10H,3-4,11H2,1-2H3. The van der Waals surface area contributed by atoms with Crippen LogP contribution in [0.2, 0.25) is 0 Å². The Morgan fingerprint density at radius 2 is 1.89 bits per heavy atom. The van der Waals surface area contributed by atoms with Crippen LogP contribution < -0.4 is 0 Å². The average molecular weight is 242 g/mol. The van der Waals surface area contributed by atoms with Crippen LogP contribution in [0.4, 0.5) is 0 Å². The maximum Gasteiger partial charge on any atom is 0.162 e. The van der Waals surface area contributed by atoms with E-state index in [1.807, 2.05) is 48.1 Å². The molecule has 1 aromatic carbocycles. The van der Waals surface area contributed by atoms with E-state index in [4.69, 9.17) is 0 Å². The number of rotatable bonds is 5. The van der Waals surface area contributed by atoms with Gasteiger partial charge in [-0.15, -0.1) is 0 Å². The Hall–Kier alpha value is -1.90. The molecule has 1 heterocycles. The first-order valence-electron chi connectivity index (χ1n) is 6.41. The van der Waals surface area contributed by atoms with E-state index in [0.717, 1.165) is 29.8 Å². The quantitative estimate of drug-likeness (QED) is 0.751. The second kappa shape index (κ2) is 5.63. The van der Waals surface area contributed by atoms with Crippen LogP contribution in [-0.4, -0.2) is 15.6 Å². The van der Waals surface area contributed by atoms with Crippen molar-refractivity contribution in [3.8, 4) is 11.3 Å². The summed E-state index contributed by atoms with van der Waals surface area (Å²) in [5.41, 5.74) is 2.99. The predicted octanol–water partition coefficient (Wildman–Crippen LogP) is 3.55. The van der Waals surface area contributed by atoms with Crippen molar-refractivity contribution in [1.29, 1.82) is 0 Å². The SMILES string of the molecule is CCCn1nccc1-c1ccc(C(=O)CC)cc1. The third kappa shape index (κ3) is 2.50. The van der Waals surface area contributed by atoms with E-state index in [9.17, 15) is 4.79 Å². The van der Waals surface area contributed by atoms with Crippen LogP contribution >= 0.6 is 0 Å². The van der Waals surface area contributed by atoms with Crippen LogP contribution in [0.25, 0.3) is 11.3 Å². The summed E-state index contributed by atoms with van der Waals surface area (Å²) in [6, 6.07) is 9.78. The van der Waals surface area contributed by atoms with E-state index in [2.05, 4.69) is 12.0 Å². The molecule has 0 saturated carbocycles. The number of carbonyl (C=O) groups excluding carboxylic acids is 1. The molecule has 0 amide bonds. The second-order valence-electron chi connectivity index (χ2n) is 4.29. The summed E-state index contributed by atoms with van der Waals surface area (Å²) in [4.78, 5) is 11.6. The minimum atomic E-state index is 0.184. The van der Waals surface area contributed by atoms with Crippen LogP contribution in [0.15, 0.2) is 36.5 Å². The van der Waals surface area contributed by atoms with Gasteiger partial charge in [0.15, 0.2) is 5.78 Å². The molecule has 3 heteroatoms. The summed E-state index contributed by atoms with van der Waals surface area (Å²) in [5, 5.41) is 4.31. The van der Waals surface area contributed by atoms with Crippen molar-refractivity contribution in [3.63, 3.8) is 0 Å². The van der Waals surface area contributed by atoms with Crippen LogP contribution in [0.1, 0.15) is 37.0 Å². The molecule has 0 saturated heterocycles. The lowest BCUT2D eigenvalue weighted by Gasteiger charge is -2.06. The molecule has 18 heavy (non-hydrogen) atoms. The highest BCUT2D eigenvalue weighted by molar-refractivity contribution is 5.96.